The number of amides is 1. The first-order valence-corrected chi connectivity index (χ1v) is 9.61. The maximum Gasteiger partial charge on any atom is 0.252 e. The molecule has 1 aromatic heterocycles. The third-order valence-corrected chi connectivity index (χ3v) is 4.91. The molecule has 1 aromatic carbocycles. The number of carbonyl (C=O) groups is 1. The van der Waals surface area contributed by atoms with Gasteiger partial charge in [0.1, 0.15) is 5.75 Å². The first kappa shape index (κ1) is 19.2. The molecular formula is C21H27N3O3. The van der Waals surface area contributed by atoms with Crippen molar-refractivity contribution < 1.29 is 9.53 Å². The van der Waals surface area contributed by atoms with E-state index in [0.717, 1.165) is 18.8 Å². The number of hydrogen-bond donors (Lipinski definition) is 2. The van der Waals surface area contributed by atoms with Crippen molar-refractivity contribution in [1.82, 2.24) is 15.2 Å². The Kier molecular flexibility index (Phi) is 6.65. The van der Waals surface area contributed by atoms with Gasteiger partial charge in [0.2, 0.25) is 5.56 Å². The minimum Gasteiger partial charge on any atom is -0.494 e. The third-order valence-electron chi connectivity index (χ3n) is 4.91. The second-order valence-corrected chi connectivity index (χ2v) is 6.77. The van der Waals surface area contributed by atoms with Crippen LogP contribution in [-0.4, -0.2) is 42.0 Å². The predicted octanol–water partition coefficient (Wildman–Crippen LogP) is 2.73. The second-order valence-electron chi connectivity index (χ2n) is 6.77. The molecule has 1 amide bonds. The summed E-state index contributed by atoms with van der Waals surface area (Å²) in [5, 5.41) is 3.02. The molecular weight excluding hydrogens is 342 g/mol. The van der Waals surface area contributed by atoms with Crippen LogP contribution in [0.25, 0.3) is 0 Å². The molecule has 0 bridgehead atoms. The highest BCUT2D eigenvalue weighted by Crippen LogP contribution is 2.26. The fourth-order valence-electron chi connectivity index (χ4n) is 3.48. The number of ether oxygens (including phenoxy) is 1. The van der Waals surface area contributed by atoms with Crippen molar-refractivity contribution in [2.24, 2.45) is 0 Å². The summed E-state index contributed by atoms with van der Waals surface area (Å²) in [6.07, 6.45) is 5.07. The lowest BCUT2D eigenvalue weighted by molar-refractivity contribution is 0.0924. The van der Waals surface area contributed by atoms with Gasteiger partial charge < -0.3 is 15.0 Å². The summed E-state index contributed by atoms with van der Waals surface area (Å²) in [7, 11) is 0. The molecule has 3 rings (SSSR count). The standard InChI is InChI=1S/C21H27N3O3/c1-2-27-18-9-6-16(7-10-18)19(24-12-4-3-5-13-24)15-23-21(26)17-8-11-20(25)22-14-17/h6-11,14,19H,2-5,12-13,15H2,1H3,(H,22,25)(H,23,26). The number of aromatic nitrogens is 1. The molecule has 2 heterocycles. The number of aromatic amines is 1. The van der Waals surface area contributed by atoms with E-state index in [1.165, 1.54) is 37.1 Å². The molecule has 1 saturated heterocycles. The van der Waals surface area contributed by atoms with Crippen LogP contribution in [0.2, 0.25) is 0 Å². The highest BCUT2D eigenvalue weighted by atomic mass is 16.5. The molecule has 2 N–H and O–H groups in total. The first-order chi connectivity index (χ1) is 13.2. The van der Waals surface area contributed by atoms with Crippen LogP contribution in [0, 0.1) is 0 Å². The van der Waals surface area contributed by atoms with Crippen LogP contribution >= 0.6 is 0 Å². The average molecular weight is 369 g/mol. The molecule has 0 spiro atoms. The van der Waals surface area contributed by atoms with E-state index in [0.29, 0.717) is 18.7 Å². The summed E-state index contributed by atoms with van der Waals surface area (Å²) < 4.78 is 5.54. The number of nitrogens with one attached hydrogen (secondary N) is 2. The van der Waals surface area contributed by atoms with Gasteiger partial charge in [-0.15, -0.1) is 0 Å². The first-order valence-electron chi connectivity index (χ1n) is 9.61. The molecule has 144 valence electrons. The molecule has 6 heteroatoms. The number of nitrogens with zero attached hydrogens (tertiary/aromatic N) is 1. The predicted molar refractivity (Wildman–Crippen MR) is 105 cm³/mol. The lowest BCUT2D eigenvalue weighted by Gasteiger charge is -2.35. The Labute approximate surface area is 159 Å². The maximum atomic E-state index is 12.4. The Morgan fingerprint density at radius 2 is 1.89 bits per heavy atom. The van der Waals surface area contributed by atoms with Gasteiger partial charge in [0.15, 0.2) is 0 Å². The van der Waals surface area contributed by atoms with Gasteiger partial charge in [-0.2, -0.15) is 0 Å². The second kappa shape index (κ2) is 9.37. The van der Waals surface area contributed by atoms with Crippen LogP contribution in [0.4, 0.5) is 0 Å². The van der Waals surface area contributed by atoms with E-state index in [2.05, 4.69) is 27.3 Å². The van der Waals surface area contributed by atoms with E-state index in [9.17, 15) is 9.59 Å². The third kappa shape index (κ3) is 5.20. The lowest BCUT2D eigenvalue weighted by atomic mass is 10.0. The molecule has 1 atom stereocenters. The number of carbonyl (C=O) groups excluding carboxylic acids is 1. The van der Waals surface area contributed by atoms with Gasteiger partial charge in [0.25, 0.3) is 5.91 Å². The molecule has 6 nitrogen and oxygen atoms in total. The molecule has 1 aliphatic heterocycles. The Bertz CT molecular complexity index is 775. The zero-order chi connectivity index (χ0) is 19.1. The van der Waals surface area contributed by atoms with Crippen LogP contribution in [-0.2, 0) is 0 Å². The molecule has 2 aromatic rings. The van der Waals surface area contributed by atoms with Crippen LogP contribution in [0.5, 0.6) is 5.75 Å². The zero-order valence-electron chi connectivity index (χ0n) is 15.7. The van der Waals surface area contributed by atoms with Crippen molar-refractivity contribution in [3.63, 3.8) is 0 Å². The molecule has 1 unspecified atom stereocenters. The van der Waals surface area contributed by atoms with E-state index in [4.69, 9.17) is 4.74 Å². The summed E-state index contributed by atoms with van der Waals surface area (Å²) in [5.41, 5.74) is 1.41. The van der Waals surface area contributed by atoms with Gasteiger partial charge in [-0.25, -0.2) is 0 Å². The van der Waals surface area contributed by atoms with Crippen molar-refractivity contribution in [1.29, 1.82) is 0 Å². The van der Waals surface area contributed by atoms with Crippen molar-refractivity contribution in [3.8, 4) is 5.75 Å². The lowest BCUT2D eigenvalue weighted by Crippen LogP contribution is -2.40. The topological polar surface area (TPSA) is 74.4 Å². The average Bonchev–Trinajstić information content (AvgIpc) is 2.71. The number of piperidine rings is 1. The van der Waals surface area contributed by atoms with Gasteiger partial charge in [0.05, 0.1) is 18.2 Å². The van der Waals surface area contributed by atoms with Crippen molar-refractivity contribution in [2.45, 2.75) is 32.2 Å². The number of hydrogen-bond acceptors (Lipinski definition) is 4. The van der Waals surface area contributed by atoms with Gasteiger partial charge in [-0.1, -0.05) is 18.6 Å². The summed E-state index contributed by atoms with van der Waals surface area (Å²) in [5.74, 6) is 0.676. The Balaban J connectivity index is 1.72. The molecule has 0 aliphatic carbocycles. The summed E-state index contributed by atoms with van der Waals surface area (Å²) >= 11 is 0. The van der Waals surface area contributed by atoms with Gasteiger partial charge in [-0.05, 0) is 56.6 Å². The molecule has 1 fully saturated rings. The quantitative estimate of drug-likeness (QED) is 0.787. The Hall–Kier alpha value is -2.60. The molecule has 1 aliphatic rings. The van der Waals surface area contributed by atoms with E-state index in [1.807, 2.05) is 19.1 Å². The highest BCUT2D eigenvalue weighted by Gasteiger charge is 2.23. The smallest absolute Gasteiger partial charge is 0.252 e. The minimum absolute atomic E-state index is 0.118. The van der Waals surface area contributed by atoms with Gasteiger partial charge in [0, 0.05) is 18.8 Å². The fourth-order valence-corrected chi connectivity index (χ4v) is 3.48. The summed E-state index contributed by atoms with van der Waals surface area (Å²) in [6.45, 7) is 5.20. The zero-order valence-corrected chi connectivity index (χ0v) is 15.7. The SMILES string of the molecule is CCOc1ccc(C(CNC(=O)c2ccc(=O)[nH]c2)N2CCCCC2)cc1. The largest absolute Gasteiger partial charge is 0.494 e. The Morgan fingerprint density at radius 3 is 2.52 bits per heavy atom. The van der Waals surface area contributed by atoms with Crippen molar-refractivity contribution >= 4 is 5.91 Å². The number of likely N-dealkylation sites (tertiary alicyclic amines) is 1. The van der Waals surface area contributed by atoms with Crippen molar-refractivity contribution in [3.05, 3.63) is 64.1 Å². The molecule has 0 saturated carbocycles. The molecule has 27 heavy (non-hydrogen) atoms. The van der Waals surface area contributed by atoms with E-state index in [-0.39, 0.29) is 17.5 Å². The van der Waals surface area contributed by atoms with Gasteiger partial charge in [-0.3, -0.25) is 14.5 Å². The number of pyridine rings is 1. The number of rotatable bonds is 7. The van der Waals surface area contributed by atoms with E-state index in [1.54, 1.807) is 6.07 Å². The van der Waals surface area contributed by atoms with Crippen LogP contribution in [0.1, 0.15) is 48.1 Å². The Morgan fingerprint density at radius 1 is 1.15 bits per heavy atom. The fraction of sp³-hybridized carbons (Fsp3) is 0.429. The van der Waals surface area contributed by atoms with Crippen LogP contribution in [0.15, 0.2) is 47.4 Å². The monoisotopic (exact) mass is 369 g/mol. The van der Waals surface area contributed by atoms with Gasteiger partial charge >= 0.3 is 0 Å². The maximum absolute atomic E-state index is 12.4. The highest BCUT2D eigenvalue weighted by molar-refractivity contribution is 5.93. The number of H-pyrrole nitrogens is 1. The van der Waals surface area contributed by atoms with E-state index < -0.39 is 0 Å². The normalized spacial score (nSPS) is 15.9. The number of benzene rings is 1. The van der Waals surface area contributed by atoms with Crippen LogP contribution < -0.4 is 15.6 Å². The summed E-state index contributed by atoms with van der Waals surface area (Å²) in [6, 6.07) is 11.2. The van der Waals surface area contributed by atoms with Crippen molar-refractivity contribution in [2.75, 3.05) is 26.2 Å². The van der Waals surface area contributed by atoms with E-state index >= 15 is 0 Å². The van der Waals surface area contributed by atoms with Crippen LogP contribution in [0.3, 0.4) is 0 Å². The minimum atomic E-state index is -0.216. The summed E-state index contributed by atoms with van der Waals surface area (Å²) in [4.78, 5) is 28.6. The molecule has 0 radical (unpaired) electrons.